The second-order valence-electron chi connectivity index (χ2n) is 5.04. The molecular weight excluding hydrogens is 364 g/mol. The van der Waals surface area contributed by atoms with Gasteiger partial charge in [-0.15, -0.1) is 0 Å². The minimum absolute atomic E-state index is 0.0635. The van der Waals surface area contributed by atoms with Crippen LogP contribution in [0, 0.1) is 0 Å². The van der Waals surface area contributed by atoms with Gasteiger partial charge in [0.1, 0.15) is 6.54 Å². The molecule has 0 heterocycles. The average Bonchev–Trinajstić information content (AvgIpc) is 2.64. The maximum Gasteiger partial charge on any atom is 0.338 e. The molecule has 0 bridgehead atoms. The van der Waals surface area contributed by atoms with Crippen molar-refractivity contribution in [2.75, 3.05) is 33.4 Å². The lowest BCUT2D eigenvalue weighted by Crippen LogP contribution is -2.33. The number of ether oxygens (including phenoxy) is 2. The molecule has 0 spiro atoms. The first kappa shape index (κ1) is 21.6. The lowest BCUT2D eigenvalue weighted by Gasteiger charge is -2.18. The maximum absolute atomic E-state index is 12.4. The first-order valence-corrected chi connectivity index (χ1v) is 9.31. The summed E-state index contributed by atoms with van der Waals surface area (Å²) >= 11 is 0. The quantitative estimate of drug-likeness (QED) is 0.601. The van der Waals surface area contributed by atoms with E-state index in [0.717, 1.165) is 0 Å². The summed E-state index contributed by atoms with van der Waals surface area (Å²) in [4.78, 5) is 34.3. The third-order valence-electron chi connectivity index (χ3n) is 3.43. The first-order chi connectivity index (χ1) is 12.3. The van der Waals surface area contributed by atoms with E-state index in [2.05, 4.69) is 10.1 Å². The predicted octanol–water partition coefficient (Wildman–Crippen LogP) is 0.163. The molecule has 9 nitrogen and oxygen atoms in total. The number of esters is 2. The molecule has 0 unspecified atom stereocenters. The number of carbonyl (C=O) groups excluding carboxylic acids is 3. The van der Waals surface area contributed by atoms with E-state index in [-0.39, 0.29) is 17.0 Å². The molecule has 0 saturated carbocycles. The zero-order chi connectivity index (χ0) is 19.7. The fraction of sp³-hybridized carbons (Fsp3) is 0.438. The molecule has 1 aromatic rings. The number of sulfonamides is 1. The summed E-state index contributed by atoms with van der Waals surface area (Å²) in [7, 11) is -2.43. The van der Waals surface area contributed by atoms with Crippen LogP contribution in [-0.2, 0) is 29.1 Å². The molecule has 1 amide bonds. The fourth-order valence-corrected chi connectivity index (χ4v) is 3.44. The Morgan fingerprint density at radius 3 is 2.15 bits per heavy atom. The Morgan fingerprint density at radius 1 is 1.08 bits per heavy atom. The molecule has 0 aromatic heterocycles. The van der Waals surface area contributed by atoms with Gasteiger partial charge in [0.25, 0.3) is 5.91 Å². The van der Waals surface area contributed by atoms with Crippen molar-refractivity contribution in [3.63, 3.8) is 0 Å². The first-order valence-electron chi connectivity index (χ1n) is 7.87. The Hall–Kier alpha value is -2.46. The van der Waals surface area contributed by atoms with E-state index >= 15 is 0 Å². The second kappa shape index (κ2) is 9.88. The van der Waals surface area contributed by atoms with Crippen LogP contribution >= 0.6 is 0 Å². The highest BCUT2D eigenvalue weighted by atomic mass is 32.2. The number of benzene rings is 1. The molecule has 10 heteroatoms. The largest absolute Gasteiger partial charge is 0.468 e. The Kier molecular flexibility index (Phi) is 8.20. The second-order valence-corrected chi connectivity index (χ2v) is 6.98. The van der Waals surface area contributed by atoms with Crippen molar-refractivity contribution >= 4 is 27.9 Å². The van der Waals surface area contributed by atoms with Crippen molar-refractivity contribution in [2.24, 2.45) is 0 Å². The molecule has 0 aliphatic heterocycles. The highest BCUT2D eigenvalue weighted by Crippen LogP contribution is 2.16. The lowest BCUT2D eigenvalue weighted by molar-refractivity contribution is -0.141. The van der Waals surface area contributed by atoms with Crippen LogP contribution < -0.4 is 5.32 Å². The number of nitrogens with one attached hydrogen (secondary N) is 1. The summed E-state index contributed by atoms with van der Waals surface area (Å²) < 4.78 is 35.2. The summed E-state index contributed by atoms with van der Waals surface area (Å²) in [6, 6.07) is 5.24. The van der Waals surface area contributed by atoms with Crippen LogP contribution in [0.4, 0.5) is 0 Å². The topological polar surface area (TPSA) is 119 Å². The van der Waals surface area contributed by atoms with E-state index in [1.807, 2.05) is 0 Å². The normalized spacial score (nSPS) is 11.1. The molecule has 1 rings (SSSR count). The van der Waals surface area contributed by atoms with Gasteiger partial charge < -0.3 is 14.8 Å². The summed E-state index contributed by atoms with van der Waals surface area (Å²) in [5.74, 6) is -2.08. The number of nitrogens with zero attached hydrogens (tertiary/aromatic N) is 1. The van der Waals surface area contributed by atoms with Gasteiger partial charge in [0.2, 0.25) is 10.0 Å². The summed E-state index contributed by atoms with van der Waals surface area (Å²) in [5.41, 5.74) is 0.101. The molecular formula is C16H22N2O7S. The van der Waals surface area contributed by atoms with E-state index in [1.165, 1.54) is 35.7 Å². The van der Waals surface area contributed by atoms with Crippen LogP contribution in [0.2, 0.25) is 0 Å². The van der Waals surface area contributed by atoms with Crippen LogP contribution in [-0.4, -0.2) is 63.9 Å². The highest BCUT2D eigenvalue weighted by Gasteiger charge is 2.22. The van der Waals surface area contributed by atoms with Crippen molar-refractivity contribution in [1.82, 2.24) is 9.62 Å². The molecule has 0 aliphatic carbocycles. The van der Waals surface area contributed by atoms with E-state index in [4.69, 9.17) is 4.74 Å². The zero-order valence-electron chi connectivity index (χ0n) is 14.9. The Morgan fingerprint density at radius 2 is 1.65 bits per heavy atom. The molecule has 1 N–H and O–H groups in total. The zero-order valence-corrected chi connectivity index (χ0v) is 15.7. The number of methoxy groups -OCH3 is 1. The lowest BCUT2D eigenvalue weighted by atomic mass is 10.2. The average molecular weight is 386 g/mol. The van der Waals surface area contributed by atoms with Crippen LogP contribution in [0.25, 0.3) is 0 Å². The summed E-state index contributed by atoms with van der Waals surface area (Å²) in [5, 5.41) is 2.22. The third-order valence-corrected chi connectivity index (χ3v) is 5.49. The van der Waals surface area contributed by atoms with Gasteiger partial charge in [-0.1, -0.05) is 13.8 Å². The molecule has 0 atom stereocenters. The summed E-state index contributed by atoms with van der Waals surface area (Å²) in [6.07, 6.45) is 0. The minimum Gasteiger partial charge on any atom is -0.468 e. The Bertz CT molecular complexity index is 740. The number of hydrogen-bond donors (Lipinski definition) is 1. The van der Waals surface area contributed by atoms with Gasteiger partial charge in [-0.3, -0.25) is 9.59 Å². The van der Waals surface area contributed by atoms with Gasteiger partial charge in [-0.05, 0) is 24.3 Å². The fourth-order valence-electron chi connectivity index (χ4n) is 1.98. The number of amides is 1. The predicted molar refractivity (Wildman–Crippen MR) is 91.9 cm³/mol. The van der Waals surface area contributed by atoms with E-state index in [9.17, 15) is 22.8 Å². The third kappa shape index (κ3) is 5.81. The van der Waals surface area contributed by atoms with Crippen LogP contribution in [0.1, 0.15) is 24.2 Å². The van der Waals surface area contributed by atoms with E-state index in [1.54, 1.807) is 13.8 Å². The van der Waals surface area contributed by atoms with Gasteiger partial charge in [-0.2, -0.15) is 4.31 Å². The van der Waals surface area contributed by atoms with Crippen molar-refractivity contribution in [2.45, 2.75) is 18.7 Å². The van der Waals surface area contributed by atoms with Crippen LogP contribution in [0.5, 0.6) is 0 Å². The molecule has 144 valence electrons. The van der Waals surface area contributed by atoms with Crippen LogP contribution in [0.15, 0.2) is 29.2 Å². The maximum atomic E-state index is 12.4. The van der Waals surface area contributed by atoms with Crippen molar-refractivity contribution in [1.29, 1.82) is 0 Å². The molecule has 26 heavy (non-hydrogen) atoms. The van der Waals surface area contributed by atoms with E-state index in [0.29, 0.717) is 13.1 Å². The van der Waals surface area contributed by atoms with Gasteiger partial charge in [-0.25, -0.2) is 13.2 Å². The minimum atomic E-state index is -3.61. The number of hydrogen-bond acceptors (Lipinski definition) is 7. The van der Waals surface area contributed by atoms with E-state index < -0.39 is 34.5 Å². The summed E-state index contributed by atoms with van der Waals surface area (Å²) in [6.45, 7) is 3.24. The molecule has 0 fully saturated rings. The Labute approximate surface area is 152 Å². The van der Waals surface area contributed by atoms with Crippen molar-refractivity contribution in [3.05, 3.63) is 29.8 Å². The van der Waals surface area contributed by atoms with Gasteiger partial charge in [0.05, 0.1) is 17.6 Å². The SMILES string of the molecule is CCN(CC)S(=O)(=O)c1ccc(C(=O)OCC(=O)NCC(=O)OC)cc1. The van der Waals surface area contributed by atoms with Gasteiger partial charge >= 0.3 is 11.9 Å². The van der Waals surface area contributed by atoms with Gasteiger partial charge in [0, 0.05) is 13.1 Å². The van der Waals surface area contributed by atoms with Crippen molar-refractivity contribution in [3.8, 4) is 0 Å². The van der Waals surface area contributed by atoms with Crippen LogP contribution in [0.3, 0.4) is 0 Å². The smallest absolute Gasteiger partial charge is 0.338 e. The van der Waals surface area contributed by atoms with Gasteiger partial charge in [0.15, 0.2) is 6.61 Å². The highest BCUT2D eigenvalue weighted by molar-refractivity contribution is 7.89. The molecule has 0 radical (unpaired) electrons. The number of rotatable bonds is 9. The molecule has 1 aromatic carbocycles. The molecule has 0 aliphatic rings. The van der Waals surface area contributed by atoms with Crippen molar-refractivity contribution < 1.29 is 32.3 Å². The standard InChI is InChI=1S/C16H22N2O7S/c1-4-18(5-2)26(22,23)13-8-6-12(7-9-13)16(21)25-11-14(19)17-10-15(20)24-3/h6-9H,4-5,10-11H2,1-3H3,(H,17,19). The number of carbonyl (C=O) groups is 3. The molecule has 0 saturated heterocycles. The monoisotopic (exact) mass is 386 g/mol. The Balaban J connectivity index is 2.67.